The van der Waals surface area contributed by atoms with Crippen LogP contribution in [0.25, 0.3) is 0 Å². The van der Waals surface area contributed by atoms with E-state index in [0.717, 1.165) is 5.56 Å². The lowest BCUT2D eigenvalue weighted by Crippen LogP contribution is -2.19. The normalized spacial score (nSPS) is 10.6. The van der Waals surface area contributed by atoms with E-state index in [1.165, 1.54) is 36.1 Å². The van der Waals surface area contributed by atoms with Gasteiger partial charge in [0.05, 0.1) is 12.4 Å². The van der Waals surface area contributed by atoms with Crippen LogP contribution in [-0.2, 0) is 0 Å². The highest BCUT2D eigenvalue weighted by Crippen LogP contribution is 2.16. The summed E-state index contributed by atoms with van der Waals surface area (Å²) in [5.41, 5.74) is 3.27. The molecule has 0 saturated heterocycles. The molecule has 25 heavy (non-hydrogen) atoms. The highest BCUT2D eigenvalue weighted by Gasteiger charge is 2.09. The number of carbonyl (C=O) groups is 2. The number of nitrogens with zero attached hydrogens (tertiary/aromatic N) is 3. The van der Waals surface area contributed by atoms with E-state index >= 15 is 0 Å². The largest absolute Gasteiger partial charge is 0.422 e. The monoisotopic (exact) mass is 352 g/mol. The first kappa shape index (κ1) is 16.5. The van der Waals surface area contributed by atoms with E-state index in [4.69, 9.17) is 4.74 Å². The molecule has 0 unspecified atom stereocenters. The van der Waals surface area contributed by atoms with Gasteiger partial charge in [0.2, 0.25) is 0 Å². The van der Waals surface area contributed by atoms with Gasteiger partial charge in [-0.05, 0) is 41.3 Å². The van der Waals surface area contributed by atoms with Crippen LogP contribution in [0.1, 0.15) is 25.7 Å². The second-order valence-electron chi connectivity index (χ2n) is 4.73. The Kier molecular flexibility index (Phi) is 5.22. The first-order valence-electron chi connectivity index (χ1n) is 7.17. The van der Waals surface area contributed by atoms with Crippen LogP contribution < -0.4 is 10.2 Å². The Hall–Kier alpha value is -3.39. The van der Waals surface area contributed by atoms with E-state index in [1.54, 1.807) is 36.4 Å². The molecule has 0 fully saturated rings. The maximum absolute atomic E-state index is 11.8. The van der Waals surface area contributed by atoms with Crippen molar-refractivity contribution in [2.24, 2.45) is 5.10 Å². The minimum atomic E-state index is -0.453. The molecule has 2 aromatic heterocycles. The molecule has 1 N–H and O–H groups in total. The van der Waals surface area contributed by atoms with Gasteiger partial charge in [-0.1, -0.05) is 6.07 Å². The molecule has 0 radical (unpaired) electrons. The Morgan fingerprint density at radius 1 is 1.16 bits per heavy atom. The lowest BCUT2D eigenvalue weighted by molar-refractivity contribution is 0.0739. The summed E-state index contributed by atoms with van der Waals surface area (Å²) in [7, 11) is 0. The molecule has 8 heteroatoms. The summed E-state index contributed by atoms with van der Waals surface area (Å²) in [5.74, 6) is -0.419. The van der Waals surface area contributed by atoms with Crippen LogP contribution in [0.5, 0.6) is 5.75 Å². The second kappa shape index (κ2) is 7.93. The SMILES string of the molecule is O=C(NN=Cc1ccc(OC(=O)c2cccs2)cc1)c1cnccn1. The van der Waals surface area contributed by atoms with Crippen molar-refractivity contribution >= 4 is 29.4 Å². The van der Waals surface area contributed by atoms with Crippen molar-refractivity contribution < 1.29 is 14.3 Å². The van der Waals surface area contributed by atoms with Gasteiger partial charge in [0.25, 0.3) is 5.91 Å². The maximum atomic E-state index is 11.8. The molecule has 0 bridgehead atoms. The predicted molar refractivity (Wildman–Crippen MR) is 92.8 cm³/mol. The van der Waals surface area contributed by atoms with Gasteiger partial charge < -0.3 is 4.74 Å². The van der Waals surface area contributed by atoms with E-state index < -0.39 is 11.9 Å². The third-order valence-electron chi connectivity index (χ3n) is 2.99. The van der Waals surface area contributed by atoms with Crippen LogP contribution in [0.15, 0.2) is 65.5 Å². The van der Waals surface area contributed by atoms with Crippen molar-refractivity contribution in [2.75, 3.05) is 0 Å². The summed E-state index contributed by atoms with van der Waals surface area (Å²) in [6.45, 7) is 0. The Morgan fingerprint density at radius 3 is 2.68 bits per heavy atom. The Labute approximate surface area is 147 Å². The fourth-order valence-electron chi connectivity index (χ4n) is 1.81. The van der Waals surface area contributed by atoms with Gasteiger partial charge in [-0.25, -0.2) is 15.2 Å². The Balaban J connectivity index is 1.55. The van der Waals surface area contributed by atoms with Crippen LogP contribution in [0.4, 0.5) is 0 Å². The van der Waals surface area contributed by atoms with Crippen molar-refractivity contribution in [3.63, 3.8) is 0 Å². The van der Waals surface area contributed by atoms with E-state index in [2.05, 4.69) is 20.5 Å². The average molecular weight is 352 g/mol. The third-order valence-corrected chi connectivity index (χ3v) is 3.84. The molecular weight excluding hydrogens is 340 g/mol. The molecule has 1 amide bonds. The molecule has 0 aliphatic heterocycles. The number of hydrazone groups is 1. The summed E-state index contributed by atoms with van der Waals surface area (Å²) < 4.78 is 5.26. The molecular formula is C17H12N4O3S. The molecule has 2 heterocycles. The van der Waals surface area contributed by atoms with E-state index in [0.29, 0.717) is 10.6 Å². The van der Waals surface area contributed by atoms with Crippen molar-refractivity contribution in [1.82, 2.24) is 15.4 Å². The van der Waals surface area contributed by atoms with Crippen molar-refractivity contribution in [3.8, 4) is 5.75 Å². The third kappa shape index (κ3) is 4.55. The highest BCUT2D eigenvalue weighted by atomic mass is 32.1. The summed E-state index contributed by atoms with van der Waals surface area (Å²) in [6, 6.07) is 10.2. The fourth-order valence-corrected chi connectivity index (χ4v) is 2.41. The van der Waals surface area contributed by atoms with Crippen LogP contribution in [0.2, 0.25) is 0 Å². The zero-order chi connectivity index (χ0) is 17.5. The number of rotatable bonds is 5. The number of carbonyl (C=O) groups excluding carboxylic acids is 2. The van der Waals surface area contributed by atoms with Crippen LogP contribution in [0, 0.1) is 0 Å². The van der Waals surface area contributed by atoms with E-state index in [1.807, 2.05) is 5.38 Å². The molecule has 7 nitrogen and oxygen atoms in total. The number of hydrogen-bond acceptors (Lipinski definition) is 7. The minimum Gasteiger partial charge on any atom is -0.422 e. The van der Waals surface area contributed by atoms with Gasteiger partial charge in [0, 0.05) is 12.4 Å². The first-order chi connectivity index (χ1) is 12.2. The van der Waals surface area contributed by atoms with Crippen LogP contribution in [0.3, 0.4) is 0 Å². The number of hydrogen-bond donors (Lipinski definition) is 1. The summed E-state index contributed by atoms with van der Waals surface area (Å²) >= 11 is 1.32. The smallest absolute Gasteiger partial charge is 0.353 e. The summed E-state index contributed by atoms with van der Waals surface area (Å²) in [5, 5.41) is 5.66. The van der Waals surface area contributed by atoms with Gasteiger partial charge in [0.15, 0.2) is 0 Å². The molecule has 0 aliphatic carbocycles. The molecule has 124 valence electrons. The lowest BCUT2D eigenvalue weighted by atomic mass is 10.2. The standard InChI is InChI=1S/C17H12N4O3S/c22-16(14-11-18-7-8-19-14)21-20-10-12-3-5-13(6-4-12)24-17(23)15-2-1-9-25-15/h1-11H,(H,21,22). The minimum absolute atomic E-state index is 0.176. The van der Waals surface area contributed by atoms with Crippen LogP contribution >= 0.6 is 11.3 Å². The van der Waals surface area contributed by atoms with Crippen molar-refractivity contribution in [1.29, 1.82) is 0 Å². The molecule has 1 aromatic carbocycles. The van der Waals surface area contributed by atoms with Gasteiger partial charge in [-0.2, -0.15) is 5.10 Å². The number of amides is 1. The second-order valence-corrected chi connectivity index (χ2v) is 5.67. The summed E-state index contributed by atoms with van der Waals surface area (Å²) in [4.78, 5) is 31.8. The van der Waals surface area contributed by atoms with Crippen molar-refractivity contribution in [3.05, 3.63) is 76.5 Å². The zero-order valence-corrected chi connectivity index (χ0v) is 13.6. The highest BCUT2D eigenvalue weighted by molar-refractivity contribution is 7.12. The van der Waals surface area contributed by atoms with E-state index in [-0.39, 0.29) is 5.69 Å². The van der Waals surface area contributed by atoms with Gasteiger partial charge in [0.1, 0.15) is 16.3 Å². The lowest BCUT2D eigenvalue weighted by Gasteiger charge is -2.02. The number of ether oxygens (including phenoxy) is 1. The number of nitrogens with one attached hydrogen (secondary N) is 1. The van der Waals surface area contributed by atoms with Gasteiger partial charge in [-0.3, -0.25) is 9.78 Å². The maximum Gasteiger partial charge on any atom is 0.353 e. The van der Waals surface area contributed by atoms with Crippen molar-refractivity contribution in [2.45, 2.75) is 0 Å². The van der Waals surface area contributed by atoms with Crippen LogP contribution in [-0.4, -0.2) is 28.1 Å². The molecule has 0 atom stereocenters. The molecule has 3 rings (SSSR count). The number of thiophene rings is 1. The molecule has 3 aromatic rings. The van der Waals surface area contributed by atoms with Gasteiger partial charge in [-0.15, -0.1) is 11.3 Å². The number of benzene rings is 1. The molecule has 0 spiro atoms. The quantitative estimate of drug-likeness (QED) is 0.330. The zero-order valence-electron chi connectivity index (χ0n) is 12.8. The predicted octanol–water partition coefficient (Wildman–Crippen LogP) is 2.52. The Bertz CT molecular complexity index is 878. The molecule has 0 aliphatic rings. The Morgan fingerprint density at radius 2 is 2.00 bits per heavy atom. The van der Waals surface area contributed by atoms with E-state index in [9.17, 15) is 9.59 Å². The fraction of sp³-hybridized carbons (Fsp3) is 0. The molecule has 0 saturated carbocycles. The van der Waals surface area contributed by atoms with Gasteiger partial charge >= 0.3 is 5.97 Å². The first-order valence-corrected chi connectivity index (χ1v) is 8.05. The number of aromatic nitrogens is 2. The number of esters is 1. The summed E-state index contributed by atoms with van der Waals surface area (Å²) in [6.07, 6.45) is 5.72. The topological polar surface area (TPSA) is 93.5 Å². The average Bonchev–Trinajstić information content (AvgIpc) is 3.19.